The Balaban J connectivity index is 2.34. The fourth-order valence-corrected chi connectivity index (χ4v) is 3.15. The van der Waals surface area contributed by atoms with Gasteiger partial charge in [-0.15, -0.1) is 0 Å². The molecule has 2 aromatic rings. The smallest absolute Gasteiger partial charge is 0.263 e. The van der Waals surface area contributed by atoms with Gasteiger partial charge in [-0.25, -0.2) is 13.1 Å². The Labute approximate surface area is 125 Å². The molecule has 0 atom stereocenters. The Morgan fingerprint density at radius 3 is 2.62 bits per heavy atom. The van der Waals surface area contributed by atoms with Crippen LogP contribution in [0.2, 0.25) is 0 Å². The Kier molecular flexibility index (Phi) is 4.22. The lowest BCUT2D eigenvalue weighted by Crippen LogP contribution is -2.17. The van der Waals surface area contributed by atoms with Crippen molar-refractivity contribution in [2.24, 2.45) is 0 Å². The van der Waals surface area contributed by atoms with Crippen LogP contribution in [-0.2, 0) is 16.4 Å². The Hall–Kier alpha value is -2.02. The van der Waals surface area contributed by atoms with Crippen LogP contribution in [0.3, 0.4) is 0 Å². The third-order valence-corrected chi connectivity index (χ3v) is 4.56. The molecular weight excluding hydrogens is 288 g/mol. The van der Waals surface area contributed by atoms with Gasteiger partial charge in [0.1, 0.15) is 5.82 Å². The molecule has 0 fully saturated rings. The average molecular weight is 308 g/mol. The zero-order valence-electron chi connectivity index (χ0n) is 12.4. The van der Waals surface area contributed by atoms with E-state index in [1.807, 2.05) is 20.8 Å². The number of aryl methyl sites for hydroxylation is 1. The summed E-state index contributed by atoms with van der Waals surface area (Å²) in [5.74, 6) is 0.433. The molecule has 0 unspecified atom stereocenters. The van der Waals surface area contributed by atoms with Crippen LogP contribution < -0.4 is 10.5 Å². The van der Waals surface area contributed by atoms with Gasteiger partial charge in [-0.3, -0.25) is 4.72 Å². The Morgan fingerprint density at radius 2 is 2.05 bits per heavy atom. The van der Waals surface area contributed by atoms with Crippen LogP contribution in [0, 0.1) is 0 Å². The van der Waals surface area contributed by atoms with E-state index in [1.54, 1.807) is 29.1 Å². The molecule has 0 aliphatic heterocycles. The van der Waals surface area contributed by atoms with E-state index < -0.39 is 10.0 Å². The first-order chi connectivity index (χ1) is 9.85. The van der Waals surface area contributed by atoms with Crippen molar-refractivity contribution in [2.75, 3.05) is 10.5 Å². The van der Waals surface area contributed by atoms with E-state index in [-0.39, 0.29) is 10.9 Å². The van der Waals surface area contributed by atoms with Gasteiger partial charge < -0.3 is 5.73 Å². The number of anilines is 2. The minimum atomic E-state index is -3.68. The van der Waals surface area contributed by atoms with Crippen LogP contribution in [0.15, 0.2) is 35.4 Å². The van der Waals surface area contributed by atoms with E-state index in [0.29, 0.717) is 11.5 Å². The van der Waals surface area contributed by atoms with Crippen LogP contribution >= 0.6 is 0 Å². The molecule has 21 heavy (non-hydrogen) atoms. The molecule has 1 aromatic heterocycles. The Morgan fingerprint density at radius 1 is 1.33 bits per heavy atom. The zero-order chi connectivity index (χ0) is 15.6. The molecule has 0 aliphatic carbocycles. The molecule has 114 valence electrons. The molecule has 7 heteroatoms. The molecule has 1 heterocycles. The first kappa shape index (κ1) is 15.4. The van der Waals surface area contributed by atoms with Crippen molar-refractivity contribution in [3.63, 3.8) is 0 Å². The first-order valence-corrected chi connectivity index (χ1v) is 8.28. The number of nitrogen functional groups attached to an aromatic ring is 1. The molecule has 0 bridgehead atoms. The van der Waals surface area contributed by atoms with E-state index in [4.69, 9.17) is 5.73 Å². The minimum Gasteiger partial charge on any atom is -0.398 e. The van der Waals surface area contributed by atoms with Crippen LogP contribution in [0.1, 0.15) is 32.4 Å². The number of nitrogens with two attached hydrogens (primary N) is 1. The van der Waals surface area contributed by atoms with Gasteiger partial charge in [-0.2, -0.15) is 5.10 Å². The zero-order valence-corrected chi connectivity index (χ0v) is 13.2. The molecule has 0 aliphatic rings. The molecule has 6 nitrogen and oxygen atoms in total. The van der Waals surface area contributed by atoms with Gasteiger partial charge >= 0.3 is 0 Å². The van der Waals surface area contributed by atoms with Crippen LogP contribution in [0.4, 0.5) is 11.5 Å². The third kappa shape index (κ3) is 3.18. The van der Waals surface area contributed by atoms with Gasteiger partial charge in [0, 0.05) is 17.8 Å². The number of sulfonamides is 1. The fourth-order valence-electron chi connectivity index (χ4n) is 2.07. The van der Waals surface area contributed by atoms with E-state index in [2.05, 4.69) is 9.82 Å². The van der Waals surface area contributed by atoms with Gasteiger partial charge in [0.15, 0.2) is 0 Å². The summed E-state index contributed by atoms with van der Waals surface area (Å²) in [7, 11) is -3.68. The van der Waals surface area contributed by atoms with E-state index in [1.165, 1.54) is 6.07 Å². The van der Waals surface area contributed by atoms with Crippen LogP contribution in [0.5, 0.6) is 0 Å². The standard InChI is InChI=1S/C14H20N4O2S/c1-4-11-5-6-12(9-13(11)15)21(19,20)17-14-7-8-16-18(14)10(2)3/h5-10,17H,4,15H2,1-3H3. The number of nitrogens with zero attached hydrogens (tertiary/aromatic N) is 2. The first-order valence-electron chi connectivity index (χ1n) is 6.80. The molecule has 2 rings (SSSR count). The number of hydrogen-bond acceptors (Lipinski definition) is 4. The maximum absolute atomic E-state index is 12.4. The summed E-state index contributed by atoms with van der Waals surface area (Å²) in [4.78, 5) is 0.147. The van der Waals surface area contributed by atoms with Crippen LogP contribution in [0.25, 0.3) is 0 Å². The summed E-state index contributed by atoms with van der Waals surface area (Å²) in [5, 5.41) is 4.10. The second-order valence-electron chi connectivity index (χ2n) is 5.07. The minimum absolute atomic E-state index is 0.0604. The number of rotatable bonds is 5. The molecule has 0 saturated carbocycles. The van der Waals surface area contributed by atoms with Crippen molar-refractivity contribution < 1.29 is 8.42 Å². The molecule has 0 spiro atoms. The average Bonchev–Trinajstić information content (AvgIpc) is 2.86. The number of hydrogen-bond donors (Lipinski definition) is 2. The van der Waals surface area contributed by atoms with Crippen molar-refractivity contribution in [1.29, 1.82) is 0 Å². The number of benzene rings is 1. The monoisotopic (exact) mass is 308 g/mol. The highest BCUT2D eigenvalue weighted by molar-refractivity contribution is 7.92. The molecular formula is C14H20N4O2S. The molecule has 3 N–H and O–H groups in total. The van der Waals surface area contributed by atoms with Gasteiger partial charge in [0.25, 0.3) is 10.0 Å². The SMILES string of the molecule is CCc1ccc(S(=O)(=O)Nc2ccnn2C(C)C)cc1N. The fraction of sp³-hybridized carbons (Fsp3) is 0.357. The summed E-state index contributed by atoms with van der Waals surface area (Å²) in [6.45, 7) is 5.83. The molecule has 0 saturated heterocycles. The second-order valence-corrected chi connectivity index (χ2v) is 6.76. The van der Waals surface area contributed by atoms with Crippen molar-refractivity contribution in [3.8, 4) is 0 Å². The highest BCUT2D eigenvalue weighted by atomic mass is 32.2. The van der Waals surface area contributed by atoms with E-state index in [0.717, 1.165) is 12.0 Å². The van der Waals surface area contributed by atoms with E-state index >= 15 is 0 Å². The Bertz CT molecular complexity index is 735. The highest BCUT2D eigenvalue weighted by Gasteiger charge is 2.18. The predicted octanol–water partition coefficient (Wildman–Crippen LogP) is 2.41. The van der Waals surface area contributed by atoms with Crippen molar-refractivity contribution >= 4 is 21.5 Å². The van der Waals surface area contributed by atoms with Gasteiger partial charge in [-0.1, -0.05) is 13.0 Å². The highest BCUT2D eigenvalue weighted by Crippen LogP contribution is 2.22. The number of nitrogens with one attached hydrogen (secondary N) is 1. The maximum atomic E-state index is 12.4. The number of aromatic nitrogens is 2. The summed E-state index contributed by atoms with van der Waals surface area (Å²) in [6, 6.07) is 6.47. The molecule has 1 aromatic carbocycles. The topological polar surface area (TPSA) is 90.0 Å². The van der Waals surface area contributed by atoms with Gasteiger partial charge in [0.2, 0.25) is 0 Å². The second kappa shape index (κ2) is 5.77. The normalized spacial score (nSPS) is 11.8. The van der Waals surface area contributed by atoms with E-state index in [9.17, 15) is 8.42 Å². The van der Waals surface area contributed by atoms with Crippen molar-refractivity contribution in [3.05, 3.63) is 36.0 Å². The summed E-state index contributed by atoms with van der Waals surface area (Å²) in [6.07, 6.45) is 2.33. The lowest BCUT2D eigenvalue weighted by molar-refractivity contribution is 0.539. The van der Waals surface area contributed by atoms with Crippen LogP contribution in [-0.4, -0.2) is 18.2 Å². The summed E-state index contributed by atoms with van der Waals surface area (Å²) >= 11 is 0. The predicted molar refractivity (Wildman–Crippen MR) is 83.7 cm³/mol. The van der Waals surface area contributed by atoms with Crippen molar-refractivity contribution in [1.82, 2.24) is 9.78 Å². The lowest BCUT2D eigenvalue weighted by atomic mass is 10.1. The summed E-state index contributed by atoms with van der Waals surface area (Å²) < 4.78 is 29.0. The summed E-state index contributed by atoms with van der Waals surface area (Å²) in [5.41, 5.74) is 7.29. The maximum Gasteiger partial charge on any atom is 0.263 e. The largest absolute Gasteiger partial charge is 0.398 e. The lowest BCUT2D eigenvalue weighted by Gasteiger charge is -2.13. The van der Waals surface area contributed by atoms with Crippen molar-refractivity contribution in [2.45, 2.75) is 38.1 Å². The molecule has 0 amide bonds. The van der Waals surface area contributed by atoms with Gasteiger partial charge in [-0.05, 0) is 38.0 Å². The molecule has 0 radical (unpaired) electrons. The quantitative estimate of drug-likeness (QED) is 0.830. The third-order valence-electron chi connectivity index (χ3n) is 3.21. The van der Waals surface area contributed by atoms with Gasteiger partial charge in [0.05, 0.1) is 11.1 Å².